The minimum Gasteiger partial charge on any atom is -0.306 e. The Morgan fingerprint density at radius 2 is 1.80 bits per heavy atom. The van der Waals surface area contributed by atoms with Gasteiger partial charge in [-0.25, -0.2) is 4.21 Å². The van der Waals surface area contributed by atoms with E-state index in [1.165, 1.54) is 26.7 Å². The van der Waals surface area contributed by atoms with Gasteiger partial charge in [0.05, 0.1) is 21.1 Å². The first-order valence-electron chi connectivity index (χ1n) is 7.01. The fourth-order valence-corrected chi connectivity index (χ4v) is 5.79. The zero-order valence-corrected chi connectivity index (χ0v) is 15.8. The van der Waals surface area contributed by atoms with Crippen LogP contribution in [0.25, 0.3) is 21.6 Å². The molecule has 0 bridgehead atoms. The fraction of sp³-hybridized carbons (Fsp3) is 0.0625. The third-order valence-electron chi connectivity index (χ3n) is 3.51. The van der Waals surface area contributed by atoms with Crippen LogP contribution in [0.1, 0.15) is 5.56 Å². The van der Waals surface area contributed by atoms with Crippen molar-refractivity contribution in [3.05, 3.63) is 68.0 Å². The van der Waals surface area contributed by atoms with E-state index in [-0.39, 0.29) is 11.4 Å². The Kier molecular flexibility index (Phi) is 5.50. The van der Waals surface area contributed by atoms with Crippen molar-refractivity contribution < 1.29 is 13.7 Å². The first-order valence-corrected chi connectivity index (χ1v) is 10.8. The van der Waals surface area contributed by atoms with Gasteiger partial charge in [-0.05, 0) is 17.2 Å². The molecule has 0 fully saturated rings. The van der Waals surface area contributed by atoms with Gasteiger partial charge in [-0.3, -0.25) is 10.1 Å². The molecule has 0 radical (unpaired) electrons. The van der Waals surface area contributed by atoms with Crippen LogP contribution >= 0.6 is 32.9 Å². The summed E-state index contributed by atoms with van der Waals surface area (Å²) in [6, 6.07) is 13.8. The summed E-state index contributed by atoms with van der Waals surface area (Å²) in [7, 11) is 2.87. The second kappa shape index (κ2) is 7.63. The van der Waals surface area contributed by atoms with Crippen molar-refractivity contribution >= 4 is 49.7 Å². The van der Waals surface area contributed by atoms with Crippen molar-refractivity contribution in [1.82, 2.24) is 0 Å². The van der Waals surface area contributed by atoms with Gasteiger partial charge < -0.3 is 4.55 Å². The van der Waals surface area contributed by atoms with Crippen LogP contribution in [0.5, 0.6) is 0 Å². The summed E-state index contributed by atoms with van der Waals surface area (Å²) in [5.74, 6) is 0.0661. The summed E-state index contributed by atoms with van der Waals surface area (Å²) in [6.07, 6.45) is 0. The molecule has 0 saturated heterocycles. The van der Waals surface area contributed by atoms with Crippen LogP contribution in [0, 0.1) is 13.9 Å². The highest BCUT2D eigenvalue weighted by Gasteiger charge is 2.21. The van der Waals surface area contributed by atoms with Crippen molar-refractivity contribution in [3.63, 3.8) is 0 Å². The maximum atomic E-state index is 11.3. The third kappa shape index (κ3) is 3.91. The summed E-state index contributed by atoms with van der Waals surface area (Å²) in [5.41, 5.74) is 2.84. The molecule has 25 heavy (non-hydrogen) atoms. The topological polar surface area (TPSA) is 80.4 Å². The number of rotatable bonds is 5. The van der Waals surface area contributed by atoms with E-state index < -0.39 is 16.0 Å². The molecule has 0 spiro atoms. The molecule has 3 rings (SSSR count). The lowest BCUT2D eigenvalue weighted by atomic mass is 10.0. The molecule has 0 saturated carbocycles. The minimum absolute atomic E-state index is 0.0211. The van der Waals surface area contributed by atoms with Crippen LogP contribution in [0.4, 0.5) is 5.69 Å². The van der Waals surface area contributed by atoms with Gasteiger partial charge in [-0.15, -0.1) is 0 Å². The summed E-state index contributed by atoms with van der Waals surface area (Å²) in [6.45, 7) is 0. The van der Waals surface area contributed by atoms with E-state index >= 15 is 0 Å². The van der Waals surface area contributed by atoms with Crippen LogP contribution < -0.4 is 0 Å². The Morgan fingerprint density at radius 3 is 2.44 bits per heavy atom. The molecular weight excluding hydrogens is 398 g/mol. The predicted octanol–water partition coefficient (Wildman–Crippen LogP) is 5.50. The fourth-order valence-electron chi connectivity index (χ4n) is 2.42. The van der Waals surface area contributed by atoms with Crippen molar-refractivity contribution in [2.24, 2.45) is 0 Å². The van der Waals surface area contributed by atoms with E-state index in [0.29, 0.717) is 15.0 Å². The van der Waals surface area contributed by atoms with E-state index in [4.69, 9.17) is 16.8 Å². The quantitative estimate of drug-likeness (QED) is 0.198. The lowest BCUT2D eigenvalue weighted by molar-refractivity contribution is -0.384. The maximum Gasteiger partial charge on any atom is 0.277 e. The van der Waals surface area contributed by atoms with Gasteiger partial charge in [0, 0.05) is 11.6 Å². The summed E-state index contributed by atoms with van der Waals surface area (Å²) in [5, 5.41) is 11.3. The van der Waals surface area contributed by atoms with Gasteiger partial charge in [0.15, 0.2) is 11.1 Å². The average molecular weight is 410 g/mol. The Labute approximate surface area is 158 Å². The highest BCUT2D eigenvalue weighted by atomic mass is 32.9. The number of nitrogens with zero attached hydrogens (tertiary/aromatic N) is 1. The van der Waals surface area contributed by atoms with E-state index in [0.717, 1.165) is 16.0 Å². The minimum atomic E-state index is -1.89. The van der Waals surface area contributed by atoms with Gasteiger partial charge in [-0.1, -0.05) is 69.3 Å². The number of benzene rings is 2. The Hall–Kier alpha value is -1.78. The van der Waals surface area contributed by atoms with Crippen molar-refractivity contribution in [2.45, 2.75) is 5.75 Å². The molecule has 1 N–H and O–H groups in total. The van der Waals surface area contributed by atoms with Crippen LogP contribution in [-0.4, -0.2) is 13.7 Å². The monoisotopic (exact) mass is 409 g/mol. The second-order valence-electron chi connectivity index (χ2n) is 5.10. The SMILES string of the molecule is O=[N+]([O-])c1ccccc1-c1c(-c2ccc(CS(=O)O)cc2)ssc1=S. The summed E-state index contributed by atoms with van der Waals surface area (Å²) < 4.78 is 20.5. The first kappa shape index (κ1) is 18.0. The normalized spacial score (nSPS) is 12.0. The molecule has 1 heterocycles. The molecule has 0 aliphatic rings. The lowest BCUT2D eigenvalue weighted by Gasteiger charge is -2.06. The Balaban J connectivity index is 2.11. The zero-order chi connectivity index (χ0) is 18.0. The highest BCUT2D eigenvalue weighted by molar-refractivity contribution is 7.80. The third-order valence-corrected chi connectivity index (χ3v) is 7.15. The van der Waals surface area contributed by atoms with Gasteiger partial charge in [0.25, 0.3) is 5.69 Å². The number of hydrogen-bond donors (Lipinski definition) is 1. The molecule has 128 valence electrons. The molecule has 5 nitrogen and oxygen atoms in total. The Morgan fingerprint density at radius 1 is 1.12 bits per heavy atom. The molecule has 1 unspecified atom stereocenters. The molecule has 2 aromatic carbocycles. The maximum absolute atomic E-state index is 11.3. The summed E-state index contributed by atoms with van der Waals surface area (Å²) in [4.78, 5) is 11.8. The van der Waals surface area contributed by atoms with Crippen molar-refractivity contribution in [1.29, 1.82) is 0 Å². The predicted molar refractivity (Wildman–Crippen MR) is 105 cm³/mol. The number of nitro groups is 1. The van der Waals surface area contributed by atoms with E-state index in [1.807, 2.05) is 12.1 Å². The van der Waals surface area contributed by atoms with Gasteiger partial charge in [-0.2, -0.15) is 0 Å². The number of hydrogen-bond acceptors (Lipinski definition) is 6. The van der Waals surface area contributed by atoms with Crippen LogP contribution in [0.2, 0.25) is 0 Å². The smallest absolute Gasteiger partial charge is 0.277 e. The molecular formula is C16H11NO4S4. The zero-order valence-electron chi connectivity index (χ0n) is 12.6. The van der Waals surface area contributed by atoms with E-state index in [9.17, 15) is 14.3 Å². The molecule has 1 atom stereocenters. The summed E-state index contributed by atoms with van der Waals surface area (Å²) >= 11 is 3.52. The van der Waals surface area contributed by atoms with Gasteiger partial charge in [0.2, 0.25) is 0 Å². The standard InChI is InChI=1S/C16H11NO4S4/c18-17(19)13-4-2-1-3-12(13)14-15(23-24-16(14)22)11-7-5-10(6-8-11)9-25(20)21/h1-8H,9H2,(H,20,21). The van der Waals surface area contributed by atoms with Crippen molar-refractivity contribution in [2.75, 3.05) is 0 Å². The molecule has 1 aromatic heterocycles. The van der Waals surface area contributed by atoms with E-state index in [1.54, 1.807) is 30.3 Å². The largest absolute Gasteiger partial charge is 0.306 e. The lowest BCUT2D eigenvalue weighted by Crippen LogP contribution is -1.93. The Bertz CT molecular complexity index is 1010. The molecule has 9 heteroatoms. The second-order valence-corrected chi connectivity index (χ2v) is 8.84. The number of para-hydroxylation sites is 1. The van der Waals surface area contributed by atoms with Crippen LogP contribution in [-0.2, 0) is 16.8 Å². The van der Waals surface area contributed by atoms with Crippen LogP contribution in [0.3, 0.4) is 0 Å². The molecule has 0 aliphatic carbocycles. The van der Waals surface area contributed by atoms with Crippen LogP contribution in [0.15, 0.2) is 48.5 Å². The molecule has 0 aliphatic heterocycles. The van der Waals surface area contributed by atoms with E-state index in [2.05, 4.69) is 0 Å². The van der Waals surface area contributed by atoms with Crippen molar-refractivity contribution in [3.8, 4) is 21.6 Å². The van der Waals surface area contributed by atoms with Gasteiger partial charge in [0.1, 0.15) is 3.82 Å². The average Bonchev–Trinajstić information content (AvgIpc) is 2.96. The van der Waals surface area contributed by atoms with Gasteiger partial charge >= 0.3 is 0 Å². The first-order chi connectivity index (χ1) is 12.0. The molecule has 0 amide bonds. The molecule has 3 aromatic rings. The number of nitro benzene ring substituents is 1. The highest BCUT2D eigenvalue weighted by Crippen LogP contribution is 2.44.